The second-order valence-electron chi connectivity index (χ2n) is 8.19. The van der Waals surface area contributed by atoms with Crippen molar-refractivity contribution in [3.05, 3.63) is 58.7 Å². The predicted molar refractivity (Wildman–Crippen MR) is 121 cm³/mol. The second kappa shape index (κ2) is 8.42. The lowest BCUT2D eigenvalue weighted by Crippen LogP contribution is -2.60. The van der Waals surface area contributed by atoms with E-state index in [2.05, 4.69) is 25.9 Å². The molecule has 0 aliphatic carbocycles. The van der Waals surface area contributed by atoms with Crippen LogP contribution in [0.2, 0.25) is 0 Å². The summed E-state index contributed by atoms with van der Waals surface area (Å²) >= 11 is 3.48. The van der Waals surface area contributed by atoms with Gasteiger partial charge < -0.3 is 15.4 Å². The van der Waals surface area contributed by atoms with E-state index in [1.807, 2.05) is 45.8 Å². The van der Waals surface area contributed by atoms with E-state index >= 15 is 0 Å². The first kappa shape index (κ1) is 20.7. The fourth-order valence-corrected chi connectivity index (χ4v) is 5.16. The van der Waals surface area contributed by atoms with E-state index in [0.717, 1.165) is 29.7 Å². The third kappa shape index (κ3) is 3.79. The number of hydrogen-bond acceptors (Lipinski definition) is 6. The minimum atomic E-state index is -0.449. The molecule has 0 unspecified atom stereocenters. The first-order chi connectivity index (χ1) is 15.5. The van der Waals surface area contributed by atoms with Crippen LogP contribution in [0.5, 0.6) is 0 Å². The third-order valence-corrected chi connectivity index (χ3v) is 6.73. The zero-order chi connectivity index (χ0) is 22.2. The number of nitrogen functional groups attached to an aromatic ring is 1. The van der Waals surface area contributed by atoms with Crippen molar-refractivity contribution in [2.45, 2.75) is 31.4 Å². The van der Waals surface area contributed by atoms with Gasteiger partial charge in [-0.1, -0.05) is 30.3 Å². The molecule has 166 valence electrons. The quantitative estimate of drug-likeness (QED) is 0.594. The van der Waals surface area contributed by atoms with Crippen LogP contribution < -0.4 is 5.73 Å². The van der Waals surface area contributed by atoms with Crippen molar-refractivity contribution < 1.29 is 14.3 Å². The average Bonchev–Trinajstić information content (AvgIpc) is 3.15. The van der Waals surface area contributed by atoms with Crippen molar-refractivity contribution in [3.63, 3.8) is 0 Å². The predicted octanol–water partition coefficient (Wildman–Crippen LogP) is 2.80. The molecule has 0 radical (unpaired) electrons. The molecule has 9 nitrogen and oxygen atoms in total. The molecule has 0 bridgehead atoms. The Morgan fingerprint density at radius 2 is 2.03 bits per heavy atom. The van der Waals surface area contributed by atoms with Crippen LogP contribution in [0, 0.1) is 0 Å². The highest BCUT2D eigenvalue weighted by Crippen LogP contribution is 2.34. The topological polar surface area (TPSA) is 106 Å². The lowest BCUT2D eigenvalue weighted by Gasteiger charge is -2.45. The maximum atomic E-state index is 12.9. The zero-order valence-electron chi connectivity index (χ0n) is 17.4. The Bertz CT molecular complexity index is 1170. The van der Waals surface area contributed by atoms with Crippen LogP contribution >= 0.6 is 15.9 Å². The summed E-state index contributed by atoms with van der Waals surface area (Å²) in [6.45, 7) is 1.26. The molecule has 0 spiro atoms. The summed E-state index contributed by atoms with van der Waals surface area (Å²) in [7, 11) is 0. The number of rotatable bonds is 3. The summed E-state index contributed by atoms with van der Waals surface area (Å²) in [5.41, 5.74) is 7.67. The van der Waals surface area contributed by atoms with Crippen LogP contribution in [0.3, 0.4) is 0 Å². The van der Waals surface area contributed by atoms with Crippen molar-refractivity contribution >= 4 is 39.3 Å². The number of carbonyl (C=O) groups excluding carboxylic acids is 2. The SMILES string of the molecule is Nc1nccn2c([C@@H]3CC[C@H]4CN(C(=O)OCc5ccccc5)CC(=O)N4C3)nc(Br)c12. The van der Waals surface area contributed by atoms with Gasteiger partial charge in [-0.25, -0.2) is 14.8 Å². The van der Waals surface area contributed by atoms with Gasteiger partial charge in [0, 0.05) is 37.4 Å². The van der Waals surface area contributed by atoms with E-state index < -0.39 is 6.09 Å². The molecule has 2 fully saturated rings. The monoisotopic (exact) mass is 498 g/mol. The smallest absolute Gasteiger partial charge is 0.410 e. The summed E-state index contributed by atoms with van der Waals surface area (Å²) in [5.74, 6) is 1.28. The Hall–Kier alpha value is -3.14. The first-order valence-corrected chi connectivity index (χ1v) is 11.3. The van der Waals surface area contributed by atoms with Gasteiger partial charge in [0.2, 0.25) is 5.91 Å². The molecule has 4 heterocycles. The van der Waals surface area contributed by atoms with Gasteiger partial charge in [0.25, 0.3) is 0 Å². The highest BCUT2D eigenvalue weighted by atomic mass is 79.9. The number of anilines is 1. The number of piperazine rings is 1. The summed E-state index contributed by atoms with van der Waals surface area (Å²) in [4.78, 5) is 37.7. The van der Waals surface area contributed by atoms with Gasteiger partial charge in [-0.15, -0.1) is 0 Å². The Morgan fingerprint density at radius 3 is 2.84 bits per heavy atom. The fourth-order valence-electron chi connectivity index (χ4n) is 4.59. The number of fused-ring (bicyclic) bond motifs is 2. The molecule has 32 heavy (non-hydrogen) atoms. The van der Waals surface area contributed by atoms with E-state index in [4.69, 9.17) is 10.5 Å². The number of ether oxygens (including phenoxy) is 1. The number of nitrogens with two attached hydrogens (primary N) is 1. The van der Waals surface area contributed by atoms with Crippen LogP contribution in [0.25, 0.3) is 5.52 Å². The van der Waals surface area contributed by atoms with Crippen molar-refractivity contribution in [2.24, 2.45) is 0 Å². The standard InChI is InChI=1S/C22H23BrN6O3/c23-19-18-20(24)25-8-9-28(18)21(26-19)15-6-7-16-11-27(12-17(30)29(16)10-15)22(31)32-13-14-4-2-1-3-5-14/h1-5,8-9,15-16H,6-7,10-13H2,(H2,24,25)/t15-,16+/m1/s1. The minimum Gasteiger partial charge on any atom is -0.445 e. The summed E-state index contributed by atoms with van der Waals surface area (Å²) in [6, 6.07) is 9.50. The molecule has 2 N–H and O–H groups in total. The largest absolute Gasteiger partial charge is 0.445 e. The van der Waals surface area contributed by atoms with Crippen molar-refractivity contribution in [2.75, 3.05) is 25.4 Å². The number of aromatic nitrogens is 3. The molecule has 3 aromatic rings. The summed E-state index contributed by atoms with van der Waals surface area (Å²) < 4.78 is 8.02. The van der Waals surface area contributed by atoms with Crippen molar-refractivity contribution in [1.29, 1.82) is 0 Å². The van der Waals surface area contributed by atoms with E-state index in [9.17, 15) is 9.59 Å². The summed E-state index contributed by atoms with van der Waals surface area (Å²) in [5, 5.41) is 0. The molecule has 1 aromatic carbocycles. The van der Waals surface area contributed by atoms with Gasteiger partial charge in [0.15, 0.2) is 5.82 Å². The van der Waals surface area contributed by atoms with Crippen LogP contribution in [0.15, 0.2) is 47.3 Å². The molecule has 5 rings (SSSR count). The lowest BCUT2D eigenvalue weighted by atomic mass is 9.90. The zero-order valence-corrected chi connectivity index (χ0v) is 18.9. The molecule has 2 aliphatic heterocycles. The maximum absolute atomic E-state index is 12.9. The Kier molecular flexibility index (Phi) is 5.46. The normalized spacial score (nSPS) is 21.0. The number of halogens is 1. The second-order valence-corrected chi connectivity index (χ2v) is 8.94. The molecular weight excluding hydrogens is 476 g/mol. The number of nitrogens with zero attached hydrogens (tertiary/aromatic N) is 5. The van der Waals surface area contributed by atoms with Gasteiger partial charge in [-0.05, 0) is 34.3 Å². The third-order valence-electron chi connectivity index (χ3n) is 6.18. The Balaban J connectivity index is 1.26. The van der Waals surface area contributed by atoms with E-state index in [1.54, 1.807) is 6.20 Å². The van der Waals surface area contributed by atoms with Gasteiger partial charge >= 0.3 is 6.09 Å². The number of piperidine rings is 1. The number of imidazole rings is 1. The first-order valence-electron chi connectivity index (χ1n) is 10.5. The lowest BCUT2D eigenvalue weighted by molar-refractivity contribution is -0.141. The van der Waals surface area contributed by atoms with Crippen LogP contribution in [0.4, 0.5) is 10.6 Å². The molecule has 2 aromatic heterocycles. The molecule has 2 atom stereocenters. The molecule has 10 heteroatoms. The van der Waals surface area contributed by atoms with Crippen molar-refractivity contribution in [3.8, 4) is 0 Å². The van der Waals surface area contributed by atoms with Crippen LogP contribution in [0.1, 0.15) is 30.1 Å². The van der Waals surface area contributed by atoms with Gasteiger partial charge in [0.05, 0.1) is 0 Å². The fraction of sp³-hybridized carbons (Fsp3) is 0.364. The van der Waals surface area contributed by atoms with Crippen LogP contribution in [-0.4, -0.2) is 61.8 Å². The van der Waals surface area contributed by atoms with Gasteiger partial charge in [0.1, 0.15) is 29.1 Å². The molecule has 2 aliphatic rings. The maximum Gasteiger partial charge on any atom is 0.410 e. The molecule has 2 amide bonds. The number of benzene rings is 1. The minimum absolute atomic E-state index is 0.0156. The van der Waals surface area contributed by atoms with E-state index in [1.165, 1.54) is 4.90 Å². The average molecular weight is 499 g/mol. The number of amides is 2. The molecule has 0 saturated carbocycles. The van der Waals surface area contributed by atoms with E-state index in [-0.39, 0.29) is 31.0 Å². The highest BCUT2D eigenvalue weighted by Gasteiger charge is 2.40. The van der Waals surface area contributed by atoms with Crippen LogP contribution in [-0.2, 0) is 16.1 Å². The van der Waals surface area contributed by atoms with Gasteiger partial charge in [-0.2, -0.15) is 0 Å². The van der Waals surface area contributed by atoms with Gasteiger partial charge in [-0.3, -0.25) is 14.1 Å². The number of carbonyl (C=O) groups is 2. The van der Waals surface area contributed by atoms with E-state index in [0.29, 0.717) is 23.5 Å². The Labute approximate surface area is 193 Å². The Morgan fingerprint density at radius 1 is 1.22 bits per heavy atom. The molecular formula is C22H23BrN6O3. The summed E-state index contributed by atoms with van der Waals surface area (Å²) in [6.07, 6.45) is 4.68. The van der Waals surface area contributed by atoms with Crippen molar-refractivity contribution in [1.82, 2.24) is 24.2 Å². The highest BCUT2D eigenvalue weighted by molar-refractivity contribution is 9.10. The number of hydrogen-bond donors (Lipinski definition) is 1. The molecule has 2 saturated heterocycles.